The fourth-order valence-electron chi connectivity index (χ4n) is 2.75. The van der Waals surface area contributed by atoms with Crippen molar-refractivity contribution >= 4 is 23.8 Å². The molecule has 0 saturated carbocycles. The Hall–Kier alpha value is -2.93. The van der Waals surface area contributed by atoms with Crippen molar-refractivity contribution in [3.05, 3.63) is 58.9 Å². The summed E-state index contributed by atoms with van der Waals surface area (Å²) in [6.45, 7) is 4.97. The Bertz CT molecular complexity index is 976. The van der Waals surface area contributed by atoms with Gasteiger partial charge in [-0.25, -0.2) is 0 Å². The van der Waals surface area contributed by atoms with Crippen molar-refractivity contribution in [1.82, 2.24) is 14.8 Å². The summed E-state index contributed by atoms with van der Waals surface area (Å²) in [5, 5.41) is 10.1. The molecular formula is C20H22N4O2S. The molecule has 0 spiro atoms. The monoisotopic (exact) mass is 382 g/mol. The molecule has 1 amide bonds. The number of aromatic amines is 1. The predicted molar refractivity (Wildman–Crippen MR) is 108 cm³/mol. The number of hydrogen-bond acceptors (Lipinski definition) is 4. The van der Waals surface area contributed by atoms with Crippen molar-refractivity contribution in [3.63, 3.8) is 0 Å². The summed E-state index contributed by atoms with van der Waals surface area (Å²) in [7, 11) is 0. The quantitative estimate of drug-likeness (QED) is 0.596. The van der Waals surface area contributed by atoms with Gasteiger partial charge < -0.3 is 10.1 Å². The zero-order valence-electron chi connectivity index (χ0n) is 15.4. The van der Waals surface area contributed by atoms with E-state index >= 15 is 0 Å². The number of aromatic nitrogens is 3. The Morgan fingerprint density at radius 1 is 1.22 bits per heavy atom. The maximum atomic E-state index is 12.3. The molecule has 3 aromatic rings. The smallest absolute Gasteiger partial charge is 0.226 e. The number of para-hydroxylation sites is 1. The Morgan fingerprint density at radius 2 is 1.96 bits per heavy atom. The number of carbonyl (C=O) groups excluding carboxylic acids is 1. The van der Waals surface area contributed by atoms with Crippen LogP contribution in [-0.4, -0.2) is 27.3 Å². The van der Waals surface area contributed by atoms with Gasteiger partial charge in [0.15, 0.2) is 10.6 Å². The zero-order chi connectivity index (χ0) is 19.2. The molecule has 0 bridgehead atoms. The van der Waals surface area contributed by atoms with Gasteiger partial charge in [-0.15, -0.1) is 0 Å². The fourth-order valence-corrected chi connectivity index (χ4v) is 2.98. The summed E-state index contributed by atoms with van der Waals surface area (Å²) < 4.78 is 7.79. The van der Waals surface area contributed by atoms with Gasteiger partial charge in [-0.2, -0.15) is 5.10 Å². The Kier molecular flexibility index (Phi) is 6.03. The molecule has 0 aliphatic rings. The third-order valence-corrected chi connectivity index (χ3v) is 4.48. The van der Waals surface area contributed by atoms with Gasteiger partial charge in [-0.1, -0.05) is 18.2 Å². The van der Waals surface area contributed by atoms with E-state index in [0.717, 1.165) is 22.6 Å². The van der Waals surface area contributed by atoms with Crippen LogP contribution in [-0.2, 0) is 11.3 Å². The second-order valence-corrected chi connectivity index (χ2v) is 6.46. The van der Waals surface area contributed by atoms with Gasteiger partial charge in [-0.05, 0) is 62.0 Å². The second kappa shape index (κ2) is 8.64. The summed E-state index contributed by atoms with van der Waals surface area (Å²) in [6.07, 6.45) is 0.298. The minimum Gasteiger partial charge on any atom is -0.494 e. The number of amides is 1. The highest BCUT2D eigenvalue weighted by Gasteiger charge is 2.11. The average molecular weight is 382 g/mol. The van der Waals surface area contributed by atoms with E-state index in [2.05, 4.69) is 15.5 Å². The van der Waals surface area contributed by atoms with E-state index in [1.54, 1.807) is 0 Å². The second-order valence-electron chi connectivity index (χ2n) is 6.07. The molecule has 0 aliphatic carbocycles. The number of rotatable bonds is 7. The summed E-state index contributed by atoms with van der Waals surface area (Å²) in [6, 6.07) is 15.4. The first kappa shape index (κ1) is 18.8. The lowest BCUT2D eigenvalue weighted by Gasteiger charge is -2.10. The summed E-state index contributed by atoms with van der Waals surface area (Å²) in [5.41, 5.74) is 2.76. The van der Waals surface area contributed by atoms with Crippen molar-refractivity contribution in [1.29, 1.82) is 0 Å². The van der Waals surface area contributed by atoms with Crippen LogP contribution < -0.4 is 10.1 Å². The number of ether oxygens (including phenoxy) is 1. The summed E-state index contributed by atoms with van der Waals surface area (Å²) >= 11 is 5.33. The maximum Gasteiger partial charge on any atom is 0.226 e. The lowest BCUT2D eigenvalue weighted by atomic mass is 10.2. The predicted octanol–water partition coefficient (Wildman–Crippen LogP) is 4.34. The van der Waals surface area contributed by atoms with Crippen LogP contribution in [0.2, 0.25) is 0 Å². The summed E-state index contributed by atoms with van der Waals surface area (Å²) in [5.74, 6) is 1.44. The normalized spacial score (nSPS) is 10.6. The van der Waals surface area contributed by atoms with E-state index in [-0.39, 0.29) is 5.91 Å². The Morgan fingerprint density at radius 3 is 2.67 bits per heavy atom. The molecule has 7 heteroatoms. The lowest BCUT2D eigenvalue weighted by molar-refractivity contribution is -0.116. The standard InChI is InChI=1S/C20H22N4O2S/c1-3-26-16-10-8-15(9-11-16)19-22-23-20(27)24(19)13-12-18(25)21-17-7-5-4-6-14(17)2/h4-11H,3,12-13H2,1-2H3,(H,21,25)(H,23,27). The number of H-pyrrole nitrogens is 1. The molecule has 6 nitrogen and oxygen atoms in total. The minimum atomic E-state index is -0.0648. The highest BCUT2D eigenvalue weighted by Crippen LogP contribution is 2.21. The van der Waals surface area contributed by atoms with Crippen LogP contribution >= 0.6 is 12.2 Å². The zero-order valence-corrected chi connectivity index (χ0v) is 16.2. The van der Waals surface area contributed by atoms with Crippen molar-refractivity contribution in [2.45, 2.75) is 26.8 Å². The molecule has 27 heavy (non-hydrogen) atoms. The molecule has 0 aliphatic heterocycles. The SMILES string of the molecule is CCOc1ccc(-c2n[nH]c(=S)n2CCC(=O)Nc2ccccc2C)cc1. The third-order valence-electron chi connectivity index (χ3n) is 4.16. The van der Waals surface area contributed by atoms with E-state index in [0.29, 0.717) is 30.2 Å². The van der Waals surface area contributed by atoms with Crippen molar-refractivity contribution in [3.8, 4) is 17.1 Å². The average Bonchev–Trinajstić information content (AvgIpc) is 3.03. The van der Waals surface area contributed by atoms with E-state index in [1.165, 1.54) is 0 Å². The molecule has 1 heterocycles. The molecule has 0 radical (unpaired) electrons. The summed E-state index contributed by atoms with van der Waals surface area (Å²) in [4.78, 5) is 12.3. The number of benzene rings is 2. The van der Waals surface area contributed by atoms with Gasteiger partial charge in [0, 0.05) is 24.2 Å². The van der Waals surface area contributed by atoms with Gasteiger partial charge in [0.25, 0.3) is 0 Å². The van der Waals surface area contributed by atoms with Crippen LogP contribution in [0, 0.1) is 11.7 Å². The molecule has 0 atom stereocenters. The van der Waals surface area contributed by atoms with E-state index in [9.17, 15) is 4.79 Å². The van der Waals surface area contributed by atoms with Crippen LogP contribution in [0.4, 0.5) is 5.69 Å². The molecule has 1 aromatic heterocycles. The van der Waals surface area contributed by atoms with Gasteiger partial charge in [0.2, 0.25) is 5.91 Å². The molecule has 0 fully saturated rings. The van der Waals surface area contributed by atoms with Crippen molar-refractivity contribution in [2.24, 2.45) is 0 Å². The Balaban J connectivity index is 1.70. The molecule has 2 aromatic carbocycles. The molecule has 3 rings (SSSR count). The minimum absolute atomic E-state index is 0.0648. The van der Waals surface area contributed by atoms with E-state index < -0.39 is 0 Å². The van der Waals surface area contributed by atoms with Crippen molar-refractivity contribution in [2.75, 3.05) is 11.9 Å². The number of nitrogens with zero attached hydrogens (tertiary/aromatic N) is 2. The third kappa shape index (κ3) is 4.62. The first-order valence-corrected chi connectivity index (χ1v) is 9.23. The molecule has 0 saturated heterocycles. The molecule has 2 N–H and O–H groups in total. The number of hydrogen-bond donors (Lipinski definition) is 2. The topological polar surface area (TPSA) is 71.9 Å². The number of aryl methyl sites for hydroxylation is 1. The Labute approximate surface area is 163 Å². The van der Waals surface area contributed by atoms with Crippen molar-refractivity contribution < 1.29 is 9.53 Å². The van der Waals surface area contributed by atoms with Gasteiger partial charge in [-0.3, -0.25) is 14.5 Å². The van der Waals surface area contributed by atoms with Crippen LogP contribution in [0.15, 0.2) is 48.5 Å². The number of carbonyl (C=O) groups is 1. The number of anilines is 1. The highest BCUT2D eigenvalue weighted by atomic mass is 32.1. The first-order valence-electron chi connectivity index (χ1n) is 8.82. The lowest BCUT2D eigenvalue weighted by Crippen LogP contribution is -2.15. The highest BCUT2D eigenvalue weighted by molar-refractivity contribution is 7.71. The van der Waals surface area contributed by atoms with Gasteiger partial charge in [0.1, 0.15) is 5.75 Å². The van der Waals surface area contributed by atoms with Crippen LogP contribution in [0.3, 0.4) is 0 Å². The van der Waals surface area contributed by atoms with Gasteiger partial charge in [0.05, 0.1) is 6.61 Å². The van der Waals surface area contributed by atoms with Crippen LogP contribution in [0.5, 0.6) is 5.75 Å². The van der Waals surface area contributed by atoms with Crippen LogP contribution in [0.25, 0.3) is 11.4 Å². The number of nitrogens with one attached hydrogen (secondary N) is 2. The molecule has 140 valence electrons. The first-order chi connectivity index (χ1) is 13.1. The van der Waals surface area contributed by atoms with E-state index in [1.807, 2.05) is 66.9 Å². The largest absolute Gasteiger partial charge is 0.494 e. The van der Waals surface area contributed by atoms with Crippen LogP contribution in [0.1, 0.15) is 18.9 Å². The van der Waals surface area contributed by atoms with E-state index in [4.69, 9.17) is 17.0 Å². The fraction of sp³-hybridized carbons (Fsp3) is 0.250. The maximum absolute atomic E-state index is 12.3. The molecular weight excluding hydrogens is 360 g/mol. The molecule has 0 unspecified atom stereocenters. The van der Waals surface area contributed by atoms with Gasteiger partial charge >= 0.3 is 0 Å².